The summed E-state index contributed by atoms with van der Waals surface area (Å²) < 4.78 is 0. The summed E-state index contributed by atoms with van der Waals surface area (Å²) in [6, 6.07) is 11.6. The molecule has 0 amide bonds. The summed E-state index contributed by atoms with van der Waals surface area (Å²) in [7, 11) is 0. The molecule has 1 N–H and O–H groups in total. The van der Waals surface area contributed by atoms with E-state index in [1.54, 1.807) is 0 Å². The van der Waals surface area contributed by atoms with Gasteiger partial charge >= 0.3 is 0 Å². The van der Waals surface area contributed by atoms with Gasteiger partial charge in [0.05, 0.1) is 9.90 Å². The average molecular weight is 267 g/mol. The van der Waals surface area contributed by atoms with Crippen LogP contribution in [0.4, 0.5) is 0 Å². The lowest BCUT2D eigenvalue weighted by molar-refractivity contribution is 0.0741. The molecule has 1 unspecified atom stereocenters. The van der Waals surface area contributed by atoms with Crippen LogP contribution in [-0.4, -0.2) is 5.11 Å². The molecule has 2 aromatic rings. The highest BCUT2D eigenvalue weighted by Crippen LogP contribution is 2.40. The van der Waals surface area contributed by atoms with E-state index < -0.39 is 5.60 Å². The second-order valence-corrected chi connectivity index (χ2v) is 5.40. The van der Waals surface area contributed by atoms with Crippen LogP contribution in [0.5, 0.6) is 0 Å². The maximum atomic E-state index is 10.9. The summed E-state index contributed by atoms with van der Waals surface area (Å²) in [5, 5.41) is 13.5. The molecule has 2 rings (SSSR count). The Morgan fingerprint density at radius 1 is 1.24 bits per heavy atom. The molecule has 0 saturated heterocycles. The van der Waals surface area contributed by atoms with Crippen molar-refractivity contribution < 1.29 is 5.11 Å². The van der Waals surface area contributed by atoms with Gasteiger partial charge in [0.2, 0.25) is 0 Å². The predicted molar refractivity (Wildman–Crippen MR) is 73.7 cm³/mol. The fourth-order valence-electron chi connectivity index (χ4n) is 2.05. The number of rotatable bonds is 4. The van der Waals surface area contributed by atoms with Crippen LogP contribution in [0, 0.1) is 0 Å². The second-order valence-electron chi connectivity index (χ2n) is 4.07. The van der Waals surface area contributed by atoms with Crippen LogP contribution in [0.1, 0.15) is 30.2 Å². The Hall–Kier alpha value is -0.830. The highest BCUT2D eigenvalue weighted by molar-refractivity contribution is 7.10. The molecule has 90 valence electrons. The maximum Gasteiger partial charge on any atom is 0.125 e. The Morgan fingerprint density at radius 3 is 2.47 bits per heavy atom. The predicted octanol–water partition coefficient (Wildman–Crippen LogP) is 4.44. The Morgan fingerprint density at radius 2 is 1.94 bits per heavy atom. The normalized spacial score (nSPS) is 14.5. The van der Waals surface area contributed by atoms with Crippen LogP contribution >= 0.6 is 22.9 Å². The first-order chi connectivity index (χ1) is 8.18. The molecule has 1 aromatic heterocycles. The Balaban J connectivity index is 2.50. The van der Waals surface area contributed by atoms with Crippen LogP contribution in [0.3, 0.4) is 0 Å². The van der Waals surface area contributed by atoms with E-state index >= 15 is 0 Å². The minimum atomic E-state index is -0.957. The summed E-state index contributed by atoms with van der Waals surface area (Å²) in [6.07, 6.45) is 1.58. The third-order valence-corrected chi connectivity index (χ3v) is 4.35. The first-order valence-electron chi connectivity index (χ1n) is 5.70. The van der Waals surface area contributed by atoms with E-state index in [4.69, 9.17) is 11.6 Å². The Bertz CT molecular complexity index is 480. The molecule has 1 aromatic carbocycles. The van der Waals surface area contributed by atoms with Gasteiger partial charge in [-0.15, -0.1) is 11.3 Å². The van der Waals surface area contributed by atoms with E-state index in [0.29, 0.717) is 11.4 Å². The monoisotopic (exact) mass is 266 g/mol. The van der Waals surface area contributed by atoms with Crippen molar-refractivity contribution in [3.8, 4) is 0 Å². The van der Waals surface area contributed by atoms with Gasteiger partial charge in [-0.2, -0.15) is 0 Å². The molecule has 1 nitrogen and oxygen atoms in total. The zero-order valence-electron chi connectivity index (χ0n) is 9.69. The van der Waals surface area contributed by atoms with Gasteiger partial charge < -0.3 is 5.11 Å². The summed E-state index contributed by atoms with van der Waals surface area (Å²) >= 11 is 7.67. The fourth-order valence-corrected chi connectivity index (χ4v) is 3.42. The van der Waals surface area contributed by atoms with Gasteiger partial charge in [0, 0.05) is 0 Å². The summed E-state index contributed by atoms with van der Waals surface area (Å²) in [4.78, 5) is 0.840. The van der Waals surface area contributed by atoms with Gasteiger partial charge in [0.15, 0.2) is 0 Å². The number of thiophene rings is 1. The molecule has 0 fully saturated rings. The van der Waals surface area contributed by atoms with Gasteiger partial charge in [0.25, 0.3) is 0 Å². The van der Waals surface area contributed by atoms with Crippen LogP contribution in [0.2, 0.25) is 5.02 Å². The largest absolute Gasteiger partial charge is 0.379 e. The minimum Gasteiger partial charge on any atom is -0.379 e. The van der Waals surface area contributed by atoms with Crippen LogP contribution in [-0.2, 0) is 5.60 Å². The number of aliphatic hydroxyl groups is 1. The van der Waals surface area contributed by atoms with Gasteiger partial charge in [0.1, 0.15) is 5.60 Å². The van der Waals surface area contributed by atoms with Crippen LogP contribution in [0.25, 0.3) is 0 Å². The van der Waals surface area contributed by atoms with Crippen LogP contribution in [0.15, 0.2) is 41.8 Å². The molecule has 0 bridgehead atoms. The summed E-state index contributed by atoms with van der Waals surface area (Å²) in [5.41, 5.74) is -0.0486. The molecule has 0 aliphatic rings. The van der Waals surface area contributed by atoms with E-state index in [0.717, 1.165) is 16.9 Å². The van der Waals surface area contributed by atoms with Crippen molar-refractivity contribution >= 4 is 22.9 Å². The molecule has 0 spiro atoms. The highest BCUT2D eigenvalue weighted by Gasteiger charge is 2.33. The highest BCUT2D eigenvalue weighted by atomic mass is 35.5. The van der Waals surface area contributed by atoms with Gasteiger partial charge in [-0.25, -0.2) is 0 Å². The molecular formula is C14H15ClOS. The number of halogens is 1. The number of hydrogen-bond acceptors (Lipinski definition) is 2. The lowest BCUT2D eigenvalue weighted by Gasteiger charge is -2.28. The molecule has 3 heteroatoms. The summed E-state index contributed by atoms with van der Waals surface area (Å²) in [6.45, 7) is 2.06. The molecule has 0 aliphatic heterocycles. The topological polar surface area (TPSA) is 20.2 Å². The molecular weight excluding hydrogens is 252 g/mol. The molecule has 0 aliphatic carbocycles. The second kappa shape index (κ2) is 5.21. The van der Waals surface area contributed by atoms with E-state index in [1.807, 2.05) is 41.8 Å². The van der Waals surface area contributed by atoms with Crippen molar-refractivity contribution in [2.24, 2.45) is 0 Å². The van der Waals surface area contributed by atoms with Crippen molar-refractivity contribution in [1.29, 1.82) is 0 Å². The summed E-state index contributed by atoms with van der Waals surface area (Å²) in [5.74, 6) is 0. The van der Waals surface area contributed by atoms with Crippen molar-refractivity contribution in [3.63, 3.8) is 0 Å². The first-order valence-corrected chi connectivity index (χ1v) is 6.95. The molecule has 0 radical (unpaired) electrons. The number of hydrogen-bond donors (Lipinski definition) is 1. The Labute approximate surface area is 111 Å². The average Bonchev–Trinajstić information content (AvgIpc) is 2.77. The molecule has 1 heterocycles. The van der Waals surface area contributed by atoms with Crippen molar-refractivity contribution in [2.45, 2.75) is 25.4 Å². The van der Waals surface area contributed by atoms with E-state index in [9.17, 15) is 5.11 Å². The molecule has 17 heavy (non-hydrogen) atoms. The maximum absolute atomic E-state index is 10.9. The van der Waals surface area contributed by atoms with E-state index in [1.165, 1.54) is 11.3 Å². The SMILES string of the molecule is CCCC(O)(c1ccccc1)c1sccc1Cl. The molecule has 1 atom stereocenters. The standard InChI is InChI=1S/C14H15ClOS/c1-2-9-14(16,11-6-4-3-5-7-11)13-12(15)8-10-17-13/h3-8,10,16H,2,9H2,1H3. The lowest BCUT2D eigenvalue weighted by Crippen LogP contribution is -2.26. The molecule has 0 saturated carbocycles. The third-order valence-electron chi connectivity index (χ3n) is 2.86. The van der Waals surface area contributed by atoms with Gasteiger partial charge in [-0.05, 0) is 23.4 Å². The van der Waals surface area contributed by atoms with Crippen molar-refractivity contribution in [2.75, 3.05) is 0 Å². The smallest absolute Gasteiger partial charge is 0.125 e. The fraction of sp³-hybridized carbons (Fsp3) is 0.286. The third kappa shape index (κ3) is 2.39. The number of benzene rings is 1. The van der Waals surface area contributed by atoms with Crippen molar-refractivity contribution in [3.05, 3.63) is 57.2 Å². The minimum absolute atomic E-state index is 0.648. The quantitative estimate of drug-likeness (QED) is 0.868. The van der Waals surface area contributed by atoms with E-state index in [2.05, 4.69) is 6.92 Å². The van der Waals surface area contributed by atoms with Crippen LogP contribution < -0.4 is 0 Å². The zero-order chi connectivity index (χ0) is 12.3. The van der Waals surface area contributed by atoms with Crippen molar-refractivity contribution in [1.82, 2.24) is 0 Å². The lowest BCUT2D eigenvalue weighted by atomic mass is 9.88. The van der Waals surface area contributed by atoms with E-state index in [-0.39, 0.29) is 0 Å². The van der Waals surface area contributed by atoms with Gasteiger partial charge in [-0.3, -0.25) is 0 Å². The Kier molecular flexibility index (Phi) is 3.87. The zero-order valence-corrected chi connectivity index (χ0v) is 11.3. The first kappa shape index (κ1) is 12.6. The van der Waals surface area contributed by atoms with Gasteiger partial charge in [-0.1, -0.05) is 55.3 Å².